The Hall–Kier alpha value is -0.570. The second kappa shape index (κ2) is 5.38. The lowest BCUT2D eigenvalue weighted by molar-refractivity contribution is -0.138. The van der Waals surface area contributed by atoms with Gasteiger partial charge < -0.3 is 10.2 Å². The third-order valence-corrected chi connectivity index (χ3v) is 4.78. The summed E-state index contributed by atoms with van der Waals surface area (Å²) < 4.78 is 0. The fourth-order valence-corrected chi connectivity index (χ4v) is 2.94. The van der Waals surface area contributed by atoms with Crippen molar-refractivity contribution in [3.8, 4) is 0 Å². The number of carbonyl (C=O) groups is 1. The predicted molar refractivity (Wildman–Crippen MR) is 69.8 cm³/mol. The Morgan fingerprint density at radius 2 is 2.12 bits per heavy atom. The minimum Gasteiger partial charge on any atom is -0.342 e. The van der Waals surface area contributed by atoms with Gasteiger partial charge in [-0.25, -0.2) is 0 Å². The van der Waals surface area contributed by atoms with Gasteiger partial charge in [0.05, 0.1) is 5.92 Å². The molecule has 0 bridgehead atoms. The molecule has 0 aromatic rings. The summed E-state index contributed by atoms with van der Waals surface area (Å²) in [7, 11) is 0. The summed E-state index contributed by atoms with van der Waals surface area (Å²) in [5.74, 6) is 0.644. The fraction of sp³-hybridized carbons (Fsp3) is 0.929. The van der Waals surface area contributed by atoms with Crippen LogP contribution in [0, 0.1) is 11.3 Å². The van der Waals surface area contributed by atoms with E-state index in [1.807, 2.05) is 0 Å². The van der Waals surface area contributed by atoms with Crippen molar-refractivity contribution in [3.05, 3.63) is 0 Å². The normalized spacial score (nSPS) is 29.1. The van der Waals surface area contributed by atoms with Gasteiger partial charge in [-0.1, -0.05) is 20.3 Å². The monoisotopic (exact) mass is 238 g/mol. The minimum atomic E-state index is 0.245. The van der Waals surface area contributed by atoms with E-state index in [1.54, 1.807) is 0 Å². The standard InChI is InChI=1S/C14H26N2O/c1-3-14(2)6-9-16(10-7-14)13(17)12-5-4-8-15-11-12/h12,15H,3-11H2,1-2H3/t12-/m0/s1. The number of nitrogens with one attached hydrogen (secondary N) is 1. The van der Waals surface area contributed by atoms with Crippen molar-refractivity contribution in [1.82, 2.24) is 10.2 Å². The quantitative estimate of drug-likeness (QED) is 0.798. The molecule has 3 nitrogen and oxygen atoms in total. The number of piperidine rings is 2. The summed E-state index contributed by atoms with van der Waals surface area (Å²) in [5.41, 5.74) is 0.474. The van der Waals surface area contributed by atoms with Crippen molar-refractivity contribution in [2.24, 2.45) is 11.3 Å². The van der Waals surface area contributed by atoms with Crippen molar-refractivity contribution in [2.75, 3.05) is 26.2 Å². The molecule has 1 atom stereocenters. The first kappa shape index (κ1) is 12.9. The summed E-state index contributed by atoms with van der Waals surface area (Å²) in [6, 6.07) is 0. The molecule has 0 saturated carbocycles. The van der Waals surface area contributed by atoms with Crippen LogP contribution in [0.4, 0.5) is 0 Å². The third kappa shape index (κ3) is 3.01. The molecule has 2 rings (SSSR count). The number of hydrogen-bond donors (Lipinski definition) is 1. The molecule has 3 heteroatoms. The first-order chi connectivity index (χ1) is 8.14. The van der Waals surface area contributed by atoms with Gasteiger partial charge in [0.2, 0.25) is 5.91 Å². The molecule has 1 N–H and O–H groups in total. The molecule has 2 heterocycles. The number of carbonyl (C=O) groups excluding carboxylic acids is 1. The topological polar surface area (TPSA) is 32.3 Å². The van der Waals surface area contributed by atoms with E-state index in [0.29, 0.717) is 11.3 Å². The smallest absolute Gasteiger partial charge is 0.226 e. The third-order valence-electron chi connectivity index (χ3n) is 4.78. The van der Waals surface area contributed by atoms with E-state index < -0.39 is 0 Å². The van der Waals surface area contributed by atoms with E-state index in [4.69, 9.17) is 0 Å². The van der Waals surface area contributed by atoms with E-state index in [2.05, 4.69) is 24.1 Å². The molecule has 98 valence electrons. The van der Waals surface area contributed by atoms with Crippen LogP contribution in [-0.4, -0.2) is 37.0 Å². The van der Waals surface area contributed by atoms with Crippen molar-refractivity contribution in [2.45, 2.75) is 46.0 Å². The highest BCUT2D eigenvalue weighted by atomic mass is 16.2. The highest BCUT2D eigenvalue weighted by molar-refractivity contribution is 5.79. The molecular formula is C14H26N2O. The molecule has 2 aliphatic heterocycles. The molecule has 2 saturated heterocycles. The maximum absolute atomic E-state index is 12.3. The van der Waals surface area contributed by atoms with Crippen molar-refractivity contribution < 1.29 is 4.79 Å². The zero-order valence-electron chi connectivity index (χ0n) is 11.3. The molecule has 0 aromatic carbocycles. The molecule has 2 fully saturated rings. The van der Waals surface area contributed by atoms with Gasteiger partial charge in [0.15, 0.2) is 0 Å². The van der Waals surface area contributed by atoms with Crippen LogP contribution >= 0.6 is 0 Å². The maximum Gasteiger partial charge on any atom is 0.226 e. The summed E-state index contributed by atoms with van der Waals surface area (Å²) >= 11 is 0. The zero-order chi connectivity index (χ0) is 12.3. The van der Waals surface area contributed by atoms with Gasteiger partial charge >= 0.3 is 0 Å². The maximum atomic E-state index is 12.3. The molecule has 17 heavy (non-hydrogen) atoms. The van der Waals surface area contributed by atoms with E-state index in [9.17, 15) is 4.79 Å². The van der Waals surface area contributed by atoms with E-state index in [-0.39, 0.29) is 5.92 Å². The molecule has 0 spiro atoms. The van der Waals surface area contributed by atoms with Crippen molar-refractivity contribution >= 4 is 5.91 Å². The molecule has 0 radical (unpaired) electrons. The second-order valence-electron chi connectivity index (χ2n) is 6.03. The lowest BCUT2D eigenvalue weighted by atomic mass is 9.78. The Morgan fingerprint density at radius 1 is 1.41 bits per heavy atom. The van der Waals surface area contributed by atoms with Gasteiger partial charge in [0, 0.05) is 19.6 Å². The van der Waals surface area contributed by atoms with Gasteiger partial charge in [0.25, 0.3) is 0 Å². The average Bonchev–Trinajstić information content (AvgIpc) is 2.40. The molecular weight excluding hydrogens is 212 g/mol. The molecule has 0 aliphatic carbocycles. The minimum absolute atomic E-state index is 0.245. The van der Waals surface area contributed by atoms with Crippen LogP contribution in [0.5, 0.6) is 0 Å². The lowest BCUT2D eigenvalue weighted by Crippen LogP contribution is -2.47. The Morgan fingerprint density at radius 3 is 2.65 bits per heavy atom. The number of likely N-dealkylation sites (tertiary alicyclic amines) is 1. The Labute approximate surface area is 105 Å². The summed E-state index contributed by atoms with van der Waals surface area (Å²) in [4.78, 5) is 14.4. The van der Waals surface area contributed by atoms with Crippen LogP contribution in [-0.2, 0) is 4.79 Å². The van der Waals surface area contributed by atoms with Crippen LogP contribution in [0.2, 0.25) is 0 Å². The summed E-state index contributed by atoms with van der Waals surface area (Å²) in [6.07, 6.45) is 5.81. The molecule has 0 aromatic heterocycles. The number of amides is 1. The lowest BCUT2D eigenvalue weighted by Gasteiger charge is -2.40. The van der Waals surface area contributed by atoms with Gasteiger partial charge in [-0.3, -0.25) is 4.79 Å². The van der Waals surface area contributed by atoms with E-state index in [0.717, 1.165) is 39.0 Å². The highest BCUT2D eigenvalue weighted by Crippen LogP contribution is 2.34. The Balaban J connectivity index is 1.85. The van der Waals surface area contributed by atoms with E-state index >= 15 is 0 Å². The molecule has 0 unspecified atom stereocenters. The van der Waals surface area contributed by atoms with Crippen LogP contribution in [0.1, 0.15) is 46.0 Å². The Kier molecular flexibility index (Phi) is 4.08. The summed E-state index contributed by atoms with van der Waals surface area (Å²) in [5, 5.41) is 3.33. The number of nitrogens with zero attached hydrogens (tertiary/aromatic N) is 1. The zero-order valence-corrected chi connectivity index (χ0v) is 11.3. The highest BCUT2D eigenvalue weighted by Gasteiger charge is 2.33. The Bertz CT molecular complexity index is 263. The predicted octanol–water partition coefficient (Wildman–Crippen LogP) is 2.02. The van der Waals surface area contributed by atoms with Gasteiger partial charge in [-0.05, 0) is 37.6 Å². The largest absolute Gasteiger partial charge is 0.342 e. The van der Waals surface area contributed by atoms with Gasteiger partial charge in [0.1, 0.15) is 0 Å². The van der Waals surface area contributed by atoms with E-state index in [1.165, 1.54) is 19.3 Å². The van der Waals surface area contributed by atoms with Gasteiger partial charge in [-0.15, -0.1) is 0 Å². The van der Waals surface area contributed by atoms with Gasteiger partial charge in [-0.2, -0.15) is 0 Å². The first-order valence-corrected chi connectivity index (χ1v) is 7.14. The van der Waals surface area contributed by atoms with Crippen LogP contribution in [0.25, 0.3) is 0 Å². The second-order valence-corrected chi connectivity index (χ2v) is 6.03. The number of hydrogen-bond acceptors (Lipinski definition) is 2. The van der Waals surface area contributed by atoms with Crippen LogP contribution < -0.4 is 5.32 Å². The van der Waals surface area contributed by atoms with Crippen LogP contribution in [0.3, 0.4) is 0 Å². The van der Waals surface area contributed by atoms with Crippen molar-refractivity contribution in [3.63, 3.8) is 0 Å². The summed E-state index contributed by atoms with van der Waals surface area (Å²) in [6.45, 7) is 8.54. The fourth-order valence-electron chi connectivity index (χ4n) is 2.94. The first-order valence-electron chi connectivity index (χ1n) is 7.14. The van der Waals surface area contributed by atoms with Crippen LogP contribution in [0.15, 0.2) is 0 Å². The van der Waals surface area contributed by atoms with Crippen molar-refractivity contribution in [1.29, 1.82) is 0 Å². The SMILES string of the molecule is CCC1(C)CCN(C(=O)[C@H]2CCCNC2)CC1. The average molecular weight is 238 g/mol. The number of rotatable bonds is 2. The molecule has 1 amide bonds. The molecule has 2 aliphatic rings.